The highest BCUT2D eigenvalue weighted by Crippen LogP contribution is 2.16. The molecule has 11 nitrogen and oxygen atoms in total. The van der Waals surface area contributed by atoms with Gasteiger partial charge in [0, 0.05) is 51.0 Å². The molecule has 2 heterocycles. The van der Waals surface area contributed by atoms with Gasteiger partial charge in [0.15, 0.2) is 10.1 Å². The molecule has 0 bridgehead atoms. The standard InChI is InChI=1S/C6H8ClN3O2S.C6H10N4O2S/c2*1-10(2)5-3-6(9-8-4-5)13(7,11)12/h3-4H,1-2H3;3-4H,1-2H3,(H2,7,11,12). The smallest absolute Gasteiger partial charge is 0.280 e. The first-order chi connectivity index (χ1) is 11.8. The van der Waals surface area contributed by atoms with E-state index in [2.05, 4.69) is 20.4 Å². The lowest BCUT2D eigenvalue weighted by Gasteiger charge is -2.11. The van der Waals surface area contributed by atoms with Gasteiger partial charge in [-0.2, -0.15) is 10.2 Å². The minimum atomic E-state index is -3.79. The summed E-state index contributed by atoms with van der Waals surface area (Å²) in [6.45, 7) is 0. The molecule has 14 heteroatoms. The first kappa shape index (κ1) is 22.0. The molecule has 2 aromatic rings. The highest BCUT2D eigenvalue weighted by molar-refractivity contribution is 8.13. The molecule has 0 amide bonds. The van der Waals surface area contributed by atoms with E-state index in [1.807, 2.05) is 0 Å². The molecule has 0 atom stereocenters. The lowest BCUT2D eigenvalue weighted by atomic mass is 10.4. The SMILES string of the molecule is CN(C)c1cnnc(S(=O)(=O)Cl)c1.CN(C)c1cnnc(S(N)(=O)=O)c1. The van der Waals surface area contributed by atoms with E-state index < -0.39 is 19.1 Å². The third kappa shape index (κ3) is 6.67. The van der Waals surface area contributed by atoms with Crippen molar-refractivity contribution < 1.29 is 16.8 Å². The predicted molar refractivity (Wildman–Crippen MR) is 97.1 cm³/mol. The van der Waals surface area contributed by atoms with Crippen LogP contribution in [0.25, 0.3) is 0 Å². The summed E-state index contributed by atoms with van der Waals surface area (Å²) in [4.78, 5) is 3.42. The third-order valence-corrected chi connectivity index (χ3v) is 4.77. The molecule has 0 aliphatic heterocycles. The number of rotatable bonds is 4. The Morgan fingerprint density at radius 1 is 0.846 bits per heavy atom. The number of aromatic nitrogens is 4. The van der Waals surface area contributed by atoms with Crippen LogP contribution in [-0.2, 0) is 19.1 Å². The summed E-state index contributed by atoms with van der Waals surface area (Å²) >= 11 is 0. The molecule has 0 unspecified atom stereocenters. The maximum Gasteiger partial charge on any atom is 0.280 e. The summed E-state index contributed by atoms with van der Waals surface area (Å²) in [5, 5.41) is 18.3. The summed E-state index contributed by atoms with van der Waals surface area (Å²) in [5.74, 6) is 0. The average Bonchev–Trinajstić information content (AvgIpc) is 2.54. The minimum absolute atomic E-state index is 0.223. The van der Waals surface area contributed by atoms with E-state index >= 15 is 0 Å². The van der Waals surface area contributed by atoms with Gasteiger partial charge in [0.2, 0.25) is 0 Å². The number of nitrogens with two attached hydrogens (primary N) is 1. The molecule has 0 saturated carbocycles. The number of nitrogens with zero attached hydrogens (tertiary/aromatic N) is 6. The van der Waals surface area contributed by atoms with Gasteiger partial charge in [-0.25, -0.2) is 22.0 Å². The van der Waals surface area contributed by atoms with Crippen LogP contribution in [0.5, 0.6) is 0 Å². The summed E-state index contributed by atoms with van der Waals surface area (Å²) in [7, 11) is 4.61. The molecule has 2 rings (SSSR count). The van der Waals surface area contributed by atoms with E-state index in [9.17, 15) is 16.8 Å². The zero-order valence-corrected chi connectivity index (χ0v) is 16.8. The highest BCUT2D eigenvalue weighted by atomic mass is 35.7. The minimum Gasteiger partial charge on any atom is -0.376 e. The Morgan fingerprint density at radius 2 is 1.23 bits per heavy atom. The fourth-order valence-corrected chi connectivity index (χ4v) is 2.50. The van der Waals surface area contributed by atoms with Crippen molar-refractivity contribution in [3.8, 4) is 0 Å². The largest absolute Gasteiger partial charge is 0.376 e. The van der Waals surface area contributed by atoms with Gasteiger partial charge in [0.05, 0.1) is 23.8 Å². The monoisotopic (exact) mass is 423 g/mol. The maximum absolute atomic E-state index is 10.9. The maximum atomic E-state index is 10.9. The zero-order chi connectivity index (χ0) is 20.1. The fraction of sp³-hybridized carbons (Fsp3) is 0.333. The van der Waals surface area contributed by atoms with Crippen molar-refractivity contribution >= 4 is 41.1 Å². The molecule has 0 aromatic carbocycles. The molecule has 2 aromatic heterocycles. The number of hydrogen-bond acceptors (Lipinski definition) is 10. The van der Waals surface area contributed by atoms with E-state index in [1.165, 1.54) is 24.5 Å². The summed E-state index contributed by atoms with van der Waals surface area (Å²) in [5.41, 5.74) is 1.27. The molecule has 2 N–H and O–H groups in total. The van der Waals surface area contributed by atoms with Crippen LogP contribution in [0, 0.1) is 0 Å². The number of anilines is 2. The van der Waals surface area contributed by atoms with Crippen LogP contribution in [-0.4, -0.2) is 65.4 Å². The second-order valence-corrected chi connectivity index (χ2v) is 9.30. The quantitative estimate of drug-likeness (QED) is 0.646. The van der Waals surface area contributed by atoms with Crippen LogP contribution in [0.15, 0.2) is 34.6 Å². The Kier molecular flexibility index (Phi) is 7.20. The molecule has 144 valence electrons. The van der Waals surface area contributed by atoms with Crippen molar-refractivity contribution in [1.29, 1.82) is 0 Å². The van der Waals surface area contributed by atoms with E-state index in [0.29, 0.717) is 11.4 Å². The van der Waals surface area contributed by atoms with E-state index in [0.717, 1.165) is 0 Å². The van der Waals surface area contributed by atoms with Gasteiger partial charge in [-0.1, -0.05) is 0 Å². The third-order valence-electron chi connectivity index (χ3n) is 2.81. The van der Waals surface area contributed by atoms with Gasteiger partial charge >= 0.3 is 0 Å². The number of primary sulfonamides is 1. The van der Waals surface area contributed by atoms with Crippen LogP contribution < -0.4 is 14.9 Å². The fourth-order valence-electron chi connectivity index (χ4n) is 1.42. The molecule has 0 saturated heterocycles. The molecule has 0 spiro atoms. The van der Waals surface area contributed by atoms with Crippen molar-refractivity contribution in [3.63, 3.8) is 0 Å². The molecular weight excluding hydrogens is 406 g/mol. The Morgan fingerprint density at radius 3 is 1.58 bits per heavy atom. The van der Waals surface area contributed by atoms with Crippen molar-refractivity contribution in [2.45, 2.75) is 10.1 Å². The Bertz CT molecular complexity index is 886. The van der Waals surface area contributed by atoms with Gasteiger partial charge in [0.25, 0.3) is 19.1 Å². The van der Waals surface area contributed by atoms with Crippen LogP contribution in [0.3, 0.4) is 0 Å². The van der Waals surface area contributed by atoms with Gasteiger partial charge < -0.3 is 9.80 Å². The van der Waals surface area contributed by atoms with E-state index in [1.54, 1.807) is 38.0 Å². The van der Waals surface area contributed by atoms with Gasteiger partial charge in [-0.15, -0.1) is 10.2 Å². The summed E-state index contributed by atoms with van der Waals surface area (Å²) in [6.07, 6.45) is 2.90. The van der Waals surface area contributed by atoms with Crippen molar-refractivity contribution in [3.05, 3.63) is 24.5 Å². The Hall–Kier alpha value is -2.09. The number of hydrogen-bond donors (Lipinski definition) is 1. The molecule has 26 heavy (non-hydrogen) atoms. The highest BCUT2D eigenvalue weighted by Gasteiger charge is 2.13. The van der Waals surface area contributed by atoms with Crippen LogP contribution in [0.4, 0.5) is 11.4 Å². The lowest BCUT2D eigenvalue weighted by Crippen LogP contribution is -2.16. The number of halogens is 1. The van der Waals surface area contributed by atoms with Crippen LogP contribution >= 0.6 is 10.7 Å². The van der Waals surface area contributed by atoms with Crippen LogP contribution in [0.1, 0.15) is 0 Å². The second-order valence-electron chi connectivity index (χ2n) is 5.28. The van der Waals surface area contributed by atoms with Crippen molar-refractivity contribution in [2.75, 3.05) is 38.0 Å². The molecule has 0 aliphatic rings. The molecule has 0 aliphatic carbocycles. The Balaban J connectivity index is 0.000000260. The Labute approximate surface area is 156 Å². The summed E-state index contributed by atoms with van der Waals surface area (Å²) < 4.78 is 43.4. The second kappa shape index (κ2) is 8.53. The van der Waals surface area contributed by atoms with Gasteiger partial charge in [0.1, 0.15) is 0 Å². The van der Waals surface area contributed by atoms with Gasteiger partial charge in [-0.05, 0) is 0 Å². The molecular formula is C12H18ClN7O4S2. The first-order valence-corrected chi connectivity index (χ1v) is 10.7. The number of sulfonamides is 1. The van der Waals surface area contributed by atoms with Crippen molar-refractivity contribution in [1.82, 2.24) is 20.4 Å². The van der Waals surface area contributed by atoms with Gasteiger partial charge in [-0.3, -0.25) is 0 Å². The topological polar surface area (TPSA) is 152 Å². The van der Waals surface area contributed by atoms with E-state index in [4.69, 9.17) is 15.8 Å². The van der Waals surface area contributed by atoms with Crippen molar-refractivity contribution in [2.24, 2.45) is 5.14 Å². The molecule has 0 fully saturated rings. The lowest BCUT2D eigenvalue weighted by molar-refractivity contribution is 0.591. The normalized spacial score (nSPS) is 11.3. The average molecular weight is 424 g/mol. The molecule has 0 radical (unpaired) electrons. The zero-order valence-electron chi connectivity index (χ0n) is 14.4. The first-order valence-electron chi connectivity index (χ1n) is 6.80. The van der Waals surface area contributed by atoms with Crippen LogP contribution in [0.2, 0.25) is 0 Å². The predicted octanol–water partition coefficient (Wildman–Crippen LogP) is -0.340. The van der Waals surface area contributed by atoms with E-state index in [-0.39, 0.29) is 10.1 Å². The summed E-state index contributed by atoms with van der Waals surface area (Å²) in [6, 6.07) is 2.72.